The summed E-state index contributed by atoms with van der Waals surface area (Å²) in [5, 5.41) is 17.3. The van der Waals surface area contributed by atoms with Gasteiger partial charge in [0.25, 0.3) is 11.8 Å². The van der Waals surface area contributed by atoms with Gasteiger partial charge in [-0.3, -0.25) is 9.59 Å². The highest BCUT2D eigenvalue weighted by Crippen LogP contribution is 2.27. The van der Waals surface area contributed by atoms with Gasteiger partial charge in [0.15, 0.2) is 0 Å². The SMILES string of the molecule is CCCN1CCc2c(C)cc(C(=O)NC(Cc3cc(F)cc(F)c3)C(O)CNC3CNS(=O)(=O)c4ccccc43)cc2C1=O. The first-order chi connectivity index (χ1) is 21.0. The maximum atomic E-state index is 14.0. The molecule has 0 bridgehead atoms. The highest BCUT2D eigenvalue weighted by atomic mass is 32.2. The number of rotatable bonds is 10. The lowest BCUT2D eigenvalue weighted by Crippen LogP contribution is -2.50. The number of sulfonamides is 1. The minimum atomic E-state index is -3.65. The number of aryl methyl sites for hydroxylation is 1. The summed E-state index contributed by atoms with van der Waals surface area (Å²) >= 11 is 0. The summed E-state index contributed by atoms with van der Waals surface area (Å²) in [7, 11) is -3.65. The summed E-state index contributed by atoms with van der Waals surface area (Å²) < 4.78 is 55.5. The van der Waals surface area contributed by atoms with E-state index in [2.05, 4.69) is 15.4 Å². The van der Waals surface area contributed by atoms with Crippen LogP contribution in [0.5, 0.6) is 0 Å². The number of carbonyl (C=O) groups is 2. The van der Waals surface area contributed by atoms with E-state index in [4.69, 9.17) is 0 Å². The molecule has 2 amide bonds. The Hall–Kier alpha value is -3.71. The van der Waals surface area contributed by atoms with Crippen LogP contribution < -0.4 is 15.4 Å². The molecule has 0 saturated heterocycles. The first-order valence-corrected chi connectivity index (χ1v) is 16.1. The van der Waals surface area contributed by atoms with E-state index in [0.717, 1.165) is 35.7 Å². The number of benzene rings is 3. The van der Waals surface area contributed by atoms with E-state index in [0.29, 0.717) is 30.6 Å². The van der Waals surface area contributed by atoms with Gasteiger partial charge in [0.1, 0.15) is 11.6 Å². The lowest BCUT2D eigenvalue weighted by molar-refractivity contribution is 0.0739. The number of aliphatic hydroxyl groups excluding tert-OH is 1. The van der Waals surface area contributed by atoms with Crippen LogP contribution in [0.2, 0.25) is 0 Å². The van der Waals surface area contributed by atoms with Crippen LogP contribution in [-0.4, -0.2) is 68.6 Å². The first-order valence-electron chi connectivity index (χ1n) is 14.7. The van der Waals surface area contributed by atoms with Gasteiger partial charge in [0.2, 0.25) is 10.0 Å². The third kappa shape index (κ3) is 6.83. The number of fused-ring (bicyclic) bond motifs is 2. The Morgan fingerprint density at radius 2 is 1.86 bits per heavy atom. The highest BCUT2D eigenvalue weighted by molar-refractivity contribution is 7.89. The van der Waals surface area contributed by atoms with Gasteiger partial charge in [-0.05, 0) is 78.8 Å². The van der Waals surface area contributed by atoms with Crippen LogP contribution >= 0.6 is 0 Å². The Morgan fingerprint density at radius 3 is 2.59 bits per heavy atom. The van der Waals surface area contributed by atoms with Gasteiger partial charge in [0.05, 0.1) is 17.0 Å². The molecule has 5 rings (SSSR count). The highest BCUT2D eigenvalue weighted by Gasteiger charge is 2.32. The normalized spacial score (nSPS) is 18.7. The zero-order valence-electron chi connectivity index (χ0n) is 24.6. The van der Waals surface area contributed by atoms with Gasteiger partial charge in [-0.15, -0.1) is 0 Å². The number of aliphatic hydroxyl groups is 1. The monoisotopic (exact) mass is 626 g/mol. The fourth-order valence-electron chi connectivity index (χ4n) is 5.97. The molecule has 0 spiro atoms. The molecule has 0 saturated carbocycles. The van der Waals surface area contributed by atoms with Gasteiger partial charge in [-0.25, -0.2) is 21.9 Å². The van der Waals surface area contributed by atoms with Crippen LogP contribution in [0, 0.1) is 18.6 Å². The van der Waals surface area contributed by atoms with E-state index in [-0.39, 0.29) is 41.4 Å². The summed E-state index contributed by atoms with van der Waals surface area (Å²) in [4.78, 5) is 28.6. The van der Waals surface area contributed by atoms with Crippen molar-refractivity contribution in [3.8, 4) is 0 Å². The topological polar surface area (TPSA) is 128 Å². The van der Waals surface area contributed by atoms with Gasteiger partial charge >= 0.3 is 0 Å². The lowest BCUT2D eigenvalue weighted by atomic mass is 9.91. The maximum absolute atomic E-state index is 14.0. The van der Waals surface area contributed by atoms with Crippen molar-refractivity contribution in [2.24, 2.45) is 0 Å². The molecule has 9 nitrogen and oxygen atoms in total. The molecule has 2 heterocycles. The molecule has 44 heavy (non-hydrogen) atoms. The van der Waals surface area contributed by atoms with Gasteiger partial charge < -0.3 is 20.6 Å². The molecule has 3 aromatic carbocycles. The molecule has 2 aliphatic rings. The Labute approximate surface area is 255 Å². The van der Waals surface area contributed by atoms with Crippen molar-refractivity contribution in [1.29, 1.82) is 0 Å². The summed E-state index contributed by atoms with van der Waals surface area (Å²) in [6.07, 6.45) is 0.168. The van der Waals surface area contributed by atoms with Crippen LogP contribution in [0.3, 0.4) is 0 Å². The Morgan fingerprint density at radius 1 is 1.14 bits per heavy atom. The van der Waals surface area contributed by atoms with Crippen molar-refractivity contribution in [1.82, 2.24) is 20.3 Å². The van der Waals surface area contributed by atoms with Crippen molar-refractivity contribution in [2.45, 2.75) is 56.2 Å². The molecule has 3 atom stereocenters. The molecule has 4 N–H and O–H groups in total. The molecule has 3 unspecified atom stereocenters. The molecule has 0 aromatic heterocycles. The zero-order valence-corrected chi connectivity index (χ0v) is 25.4. The minimum Gasteiger partial charge on any atom is -0.390 e. The number of amides is 2. The van der Waals surface area contributed by atoms with E-state index < -0.39 is 45.8 Å². The summed E-state index contributed by atoms with van der Waals surface area (Å²) in [6.45, 7) is 5.05. The minimum absolute atomic E-state index is 0.0513. The third-order valence-electron chi connectivity index (χ3n) is 8.17. The van der Waals surface area contributed by atoms with E-state index in [1.165, 1.54) is 6.07 Å². The number of hydrogen-bond donors (Lipinski definition) is 4. The number of carbonyl (C=O) groups excluding carboxylic acids is 2. The van der Waals surface area contributed by atoms with Crippen molar-refractivity contribution < 1.29 is 31.9 Å². The fourth-order valence-corrected chi connectivity index (χ4v) is 7.29. The molecular weight excluding hydrogens is 590 g/mol. The quantitative estimate of drug-likeness (QED) is 0.274. The van der Waals surface area contributed by atoms with Gasteiger partial charge in [0, 0.05) is 49.4 Å². The third-order valence-corrected chi connectivity index (χ3v) is 9.67. The number of halogens is 2. The molecule has 0 fully saturated rings. The largest absolute Gasteiger partial charge is 0.390 e. The van der Waals surface area contributed by atoms with E-state index in [9.17, 15) is 31.9 Å². The van der Waals surface area contributed by atoms with Crippen LogP contribution in [0.1, 0.15) is 62.4 Å². The second-order valence-corrected chi connectivity index (χ2v) is 13.1. The Balaban J connectivity index is 1.38. The van der Waals surface area contributed by atoms with Crippen LogP contribution in [-0.2, 0) is 22.9 Å². The molecule has 0 aliphatic carbocycles. The molecule has 12 heteroatoms. The average Bonchev–Trinajstić information content (AvgIpc) is 2.97. The number of hydrogen-bond acceptors (Lipinski definition) is 6. The standard InChI is InChI=1S/C32H36F2N4O5S/c1-3-9-38-10-8-24-19(2)11-21(15-26(24)32(38)41)31(40)37-27(14-20-12-22(33)16-23(34)13-20)29(39)18-35-28-17-36-44(42,43)30-7-5-4-6-25(28)30/h4-7,11-13,15-16,27-29,35-36,39H,3,8-10,14,17-18H2,1-2H3,(H,37,40). The fraction of sp³-hybridized carbons (Fsp3) is 0.375. The van der Waals surface area contributed by atoms with Gasteiger partial charge in [-0.2, -0.15) is 0 Å². The average molecular weight is 627 g/mol. The van der Waals surface area contributed by atoms with Crippen molar-refractivity contribution in [3.63, 3.8) is 0 Å². The van der Waals surface area contributed by atoms with Gasteiger partial charge in [-0.1, -0.05) is 25.1 Å². The molecule has 2 aliphatic heterocycles. The van der Waals surface area contributed by atoms with Crippen molar-refractivity contribution in [2.75, 3.05) is 26.2 Å². The van der Waals surface area contributed by atoms with E-state index >= 15 is 0 Å². The first kappa shape index (κ1) is 31.7. The van der Waals surface area contributed by atoms with E-state index in [1.807, 2.05) is 13.8 Å². The summed E-state index contributed by atoms with van der Waals surface area (Å²) in [5.74, 6) is -2.26. The number of nitrogens with zero attached hydrogens (tertiary/aromatic N) is 1. The second-order valence-electron chi connectivity index (χ2n) is 11.3. The number of nitrogens with one attached hydrogen (secondary N) is 3. The summed E-state index contributed by atoms with van der Waals surface area (Å²) in [6, 6.07) is 11.4. The predicted molar refractivity (Wildman–Crippen MR) is 161 cm³/mol. The van der Waals surface area contributed by atoms with Crippen molar-refractivity contribution in [3.05, 3.63) is 99.6 Å². The smallest absolute Gasteiger partial charge is 0.254 e. The predicted octanol–water partition coefficient (Wildman–Crippen LogP) is 3.01. The molecule has 0 radical (unpaired) electrons. The molecule has 3 aromatic rings. The van der Waals surface area contributed by atoms with Crippen molar-refractivity contribution >= 4 is 21.8 Å². The lowest BCUT2D eigenvalue weighted by Gasteiger charge is -2.31. The maximum Gasteiger partial charge on any atom is 0.254 e. The van der Waals surface area contributed by atoms with E-state index in [1.54, 1.807) is 35.2 Å². The summed E-state index contributed by atoms with van der Waals surface area (Å²) in [5.41, 5.74) is 3.19. The molecule has 234 valence electrons. The van der Waals surface area contributed by atoms with Crippen LogP contribution in [0.4, 0.5) is 8.78 Å². The zero-order chi connectivity index (χ0) is 31.6. The van der Waals surface area contributed by atoms with Crippen LogP contribution in [0.25, 0.3) is 0 Å². The molecular formula is C32H36F2N4O5S. The second kappa shape index (κ2) is 13.1. The Kier molecular flexibility index (Phi) is 9.45. The van der Waals surface area contributed by atoms with Crippen LogP contribution in [0.15, 0.2) is 59.5 Å². The Bertz CT molecular complexity index is 1660.